The molecule has 96 valence electrons. The minimum atomic E-state index is -3.31. The van der Waals surface area contributed by atoms with Crippen LogP contribution in [-0.4, -0.2) is 14.2 Å². The molecule has 0 bridgehead atoms. The third kappa shape index (κ3) is 2.73. The van der Waals surface area contributed by atoms with E-state index < -0.39 is 9.84 Å². The molecule has 0 fully saturated rings. The number of nitrogens with two attached hydrogens (primary N) is 1. The summed E-state index contributed by atoms with van der Waals surface area (Å²) in [6, 6.07) is 8.98. The fourth-order valence-corrected chi connectivity index (χ4v) is 4.05. The topological polar surface area (TPSA) is 60.2 Å². The van der Waals surface area contributed by atoms with Gasteiger partial charge in [0.15, 0.2) is 9.84 Å². The minimum Gasteiger partial charge on any atom is -0.397 e. The Morgan fingerprint density at radius 2 is 2.00 bits per heavy atom. The van der Waals surface area contributed by atoms with Gasteiger partial charge in [0.25, 0.3) is 0 Å². The van der Waals surface area contributed by atoms with Gasteiger partial charge >= 0.3 is 0 Å². The molecule has 2 N–H and O–H groups in total. The molecule has 18 heavy (non-hydrogen) atoms. The van der Waals surface area contributed by atoms with E-state index in [0.717, 1.165) is 10.4 Å². The van der Waals surface area contributed by atoms with Crippen LogP contribution in [0.4, 0.5) is 5.69 Å². The van der Waals surface area contributed by atoms with Crippen LogP contribution in [0.3, 0.4) is 0 Å². The molecule has 1 aromatic carbocycles. The molecule has 0 saturated heterocycles. The molecule has 1 heterocycles. The van der Waals surface area contributed by atoms with Gasteiger partial charge in [0.1, 0.15) is 0 Å². The third-order valence-electron chi connectivity index (χ3n) is 2.82. The van der Waals surface area contributed by atoms with Crippen LogP contribution < -0.4 is 5.73 Å². The lowest BCUT2D eigenvalue weighted by Crippen LogP contribution is -2.11. The van der Waals surface area contributed by atoms with E-state index >= 15 is 0 Å². The van der Waals surface area contributed by atoms with Crippen molar-refractivity contribution in [1.82, 2.24) is 0 Å². The van der Waals surface area contributed by atoms with Gasteiger partial charge in [0.2, 0.25) is 0 Å². The van der Waals surface area contributed by atoms with Crippen LogP contribution in [0.2, 0.25) is 0 Å². The molecular formula is C13H15NO2S2. The number of hydrogen-bond acceptors (Lipinski definition) is 4. The number of hydrogen-bond donors (Lipinski definition) is 1. The number of aryl methyl sites for hydroxylation is 2. The summed E-state index contributed by atoms with van der Waals surface area (Å²) in [6.07, 6.45) is 0.535. The van der Waals surface area contributed by atoms with Crippen molar-refractivity contribution < 1.29 is 8.42 Å². The predicted octanol–water partition coefficient (Wildman–Crippen LogP) is 2.66. The zero-order chi connectivity index (χ0) is 13.2. The average Bonchev–Trinajstić information content (AvgIpc) is 2.83. The zero-order valence-corrected chi connectivity index (χ0v) is 11.7. The largest absolute Gasteiger partial charge is 0.397 e. The number of rotatable bonds is 4. The Labute approximate surface area is 111 Å². The van der Waals surface area contributed by atoms with Crippen LogP contribution in [0, 0.1) is 6.92 Å². The maximum atomic E-state index is 12.2. The van der Waals surface area contributed by atoms with E-state index in [9.17, 15) is 8.42 Å². The Kier molecular flexibility index (Phi) is 3.73. The number of thiophene rings is 1. The summed E-state index contributed by atoms with van der Waals surface area (Å²) in [5.41, 5.74) is 7.00. The fraction of sp³-hybridized carbons (Fsp3) is 0.231. The van der Waals surface area contributed by atoms with Crippen molar-refractivity contribution in [2.45, 2.75) is 18.2 Å². The summed E-state index contributed by atoms with van der Waals surface area (Å²) in [5, 5.41) is 1.95. The maximum absolute atomic E-state index is 12.2. The van der Waals surface area contributed by atoms with E-state index in [2.05, 4.69) is 0 Å². The Balaban J connectivity index is 2.23. The normalized spacial score (nSPS) is 11.6. The second-order valence-corrected chi connectivity index (χ2v) is 7.24. The van der Waals surface area contributed by atoms with Gasteiger partial charge in [-0.3, -0.25) is 0 Å². The quantitative estimate of drug-likeness (QED) is 0.876. The molecule has 5 heteroatoms. The molecule has 0 aliphatic rings. The monoisotopic (exact) mass is 281 g/mol. The van der Waals surface area contributed by atoms with Crippen LogP contribution in [0.1, 0.15) is 10.4 Å². The highest BCUT2D eigenvalue weighted by Gasteiger charge is 2.18. The van der Waals surface area contributed by atoms with Crippen LogP contribution in [0.25, 0.3) is 0 Å². The number of para-hydroxylation sites is 1. The summed E-state index contributed by atoms with van der Waals surface area (Å²) in [6.45, 7) is 1.81. The highest BCUT2D eigenvalue weighted by molar-refractivity contribution is 7.91. The highest BCUT2D eigenvalue weighted by Crippen LogP contribution is 2.23. The smallest absolute Gasteiger partial charge is 0.180 e. The molecule has 1 aromatic heterocycles. The van der Waals surface area contributed by atoms with Gasteiger partial charge in [-0.2, -0.15) is 0 Å². The Bertz CT molecular complexity index is 631. The highest BCUT2D eigenvalue weighted by atomic mass is 32.2. The van der Waals surface area contributed by atoms with E-state index in [1.165, 1.54) is 0 Å². The second kappa shape index (κ2) is 5.12. The SMILES string of the molecule is Cc1cccc(S(=O)(=O)CCc2cccs2)c1N. The standard InChI is InChI=1S/C13H15NO2S2/c1-10-4-2-6-12(13(10)14)18(15,16)9-7-11-5-3-8-17-11/h2-6,8H,7,9,14H2,1H3. The summed E-state index contributed by atoms with van der Waals surface area (Å²) in [4.78, 5) is 1.32. The molecule has 2 aromatic rings. The molecule has 2 rings (SSSR count). The lowest BCUT2D eigenvalue weighted by atomic mass is 10.2. The summed E-state index contributed by atoms with van der Waals surface area (Å²) in [5.74, 6) is 0.0984. The Morgan fingerprint density at radius 3 is 2.67 bits per heavy atom. The summed E-state index contributed by atoms with van der Waals surface area (Å²) < 4.78 is 24.5. The molecule has 0 unspecified atom stereocenters. The second-order valence-electron chi connectivity index (χ2n) is 4.13. The summed E-state index contributed by atoms with van der Waals surface area (Å²) >= 11 is 1.57. The molecule has 0 aliphatic carbocycles. The van der Waals surface area contributed by atoms with Gasteiger partial charge in [-0.1, -0.05) is 18.2 Å². The van der Waals surface area contributed by atoms with Crippen molar-refractivity contribution in [2.24, 2.45) is 0 Å². The first-order valence-corrected chi connectivity index (χ1v) is 8.14. The van der Waals surface area contributed by atoms with Crippen LogP contribution in [-0.2, 0) is 16.3 Å². The van der Waals surface area contributed by atoms with Crippen LogP contribution >= 0.6 is 11.3 Å². The molecule has 0 atom stereocenters. The van der Waals surface area contributed by atoms with Gasteiger partial charge in [-0.05, 0) is 36.4 Å². The first-order valence-electron chi connectivity index (χ1n) is 5.61. The zero-order valence-electron chi connectivity index (χ0n) is 10.1. The summed E-state index contributed by atoms with van der Waals surface area (Å²) in [7, 11) is -3.31. The average molecular weight is 281 g/mol. The predicted molar refractivity (Wildman–Crippen MR) is 75.7 cm³/mol. The van der Waals surface area contributed by atoms with E-state index in [1.807, 2.05) is 30.5 Å². The molecule has 0 amide bonds. The molecule has 0 spiro atoms. The number of anilines is 1. The lowest BCUT2D eigenvalue weighted by Gasteiger charge is -2.08. The van der Waals surface area contributed by atoms with Gasteiger partial charge < -0.3 is 5.73 Å². The van der Waals surface area contributed by atoms with Crippen molar-refractivity contribution in [3.63, 3.8) is 0 Å². The first kappa shape index (κ1) is 13.1. The van der Waals surface area contributed by atoms with Gasteiger partial charge in [0, 0.05) is 4.88 Å². The number of sulfone groups is 1. The Hall–Kier alpha value is -1.33. The minimum absolute atomic E-state index is 0.0984. The lowest BCUT2D eigenvalue weighted by molar-refractivity contribution is 0.596. The maximum Gasteiger partial charge on any atom is 0.180 e. The van der Waals surface area contributed by atoms with Crippen molar-refractivity contribution >= 4 is 26.9 Å². The number of benzene rings is 1. The van der Waals surface area contributed by atoms with Crippen molar-refractivity contribution in [3.8, 4) is 0 Å². The molecule has 3 nitrogen and oxygen atoms in total. The fourth-order valence-electron chi connectivity index (χ4n) is 1.72. The van der Waals surface area contributed by atoms with Gasteiger partial charge in [0.05, 0.1) is 16.3 Å². The number of nitrogen functional groups attached to an aromatic ring is 1. The molecule has 0 aliphatic heterocycles. The molecule has 0 radical (unpaired) electrons. The van der Waals surface area contributed by atoms with E-state index in [4.69, 9.17) is 5.73 Å². The van der Waals surface area contributed by atoms with Gasteiger partial charge in [-0.15, -0.1) is 11.3 Å². The van der Waals surface area contributed by atoms with Crippen LogP contribution in [0.15, 0.2) is 40.6 Å². The van der Waals surface area contributed by atoms with Crippen LogP contribution in [0.5, 0.6) is 0 Å². The molecule has 0 saturated carbocycles. The third-order valence-corrected chi connectivity index (χ3v) is 5.52. The van der Waals surface area contributed by atoms with Crippen molar-refractivity contribution in [1.29, 1.82) is 0 Å². The van der Waals surface area contributed by atoms with E-state index in [0.29, 0.717) is 12.1 Å². The molecular weight excluding hydrogens is 266 g/mol. The van der Waals surface area contributed by atoms with Crippen molar-refractivity contribution in [3.05, 3.63) is 46.2 Å². The van der Waals surface area contributed by atoms with E-state index in [1.54, 1.807) is 23.5 Å². The van der Waals surface area contributed by atoms with E-state index in [-0.39, 0.29) is 10.6 Å². The first-order chi connectivity index (χ1) is 8.50. The van der Waals surface area contributed by atoms with Gasteiger partial charge in [-0.25, -0.2) is 8.42 Å². The Morgan fingerprint density at radius 1 is 1.22 bits per heavy atom. The van der Waals surface area contributed by atoms with Crippen molar-refractivity contribution in [2.75, 3.05) is 11.5 Å².